The van der Waals surface area contributed by atoms with Crippen molar-refractivity contribution >= 4 is 17.9 Å². The normalized spacial score (nSPS) is 21.6. The first-order chi connectivity index (χ1) is 16.5. The quantitative estimate of drug-likeness (QED) is 0.533. The number of aryl methyl sites for hydroxylation is 1. The van der Waals surface area contributed by atoms with Crippen LogP contribution in [0.2, 0.25) is 0 Å². The van der Waals surface area contributed by atoms with Gasteiger partial charge in [0.15, 0.2) is 0 Å². The number of carbonyl (C=O) groups excluding carboxylic acids is 3. The summed E-state index contributed by atoms with van der Waals surface area (Å²) >= 11 is 0. The van der Waals surface area contributed by atoms with Gasteiger partial charge in [-0.25, -0.2) is 4.79 Å². The molecule has 0 aliphatic carbocycles. The summed E-state index contributed by atoms with van der Waals surface area (Å²) < 4.78 is 5.61. The third kappa shape index (κ3) is 3.96. The number of rotatable bonds is 5. The van der Waals surface area contributed by atoms with Crippen LogP contribution in [0.1, 0.15) is 28.3 Å². The van der Waals surface area contributed by atoms with Crippen LogP contribution in [0.25, 0.3) is 0 Å². The van der Waals surface area contributed by atoms with Crippen molar-refractivity contribution in [3.05, 3.63) is 107 Å². The van der Waals surface area contributed by atoms with Crippen LogP contribution in [-0.4, -0.2) is 34.3 Å². The molecule has 0 radical (unpaired) electrons. The summed E-state index contributed by atoms with van der Waals surface area (Å²) in [5, 5.41) is 0. The Bertz CT molecular complexity index is 1210. The van der Waals surface area contributed by atoms with Crippen molar-refractivity contribution in [3.8, 4) is 0 Å². The van der Waals surface area contributed by atoms with Gasteiger partial charge in [0.25, 0.3) is 0 Å². The van der Waals surface area contributed by atoms with Gasteiger partial charge in [-0.15, -0.1) is 0 Å². The monoisotopic (exact) mass is 454 g/mol. The third-order valence-electron chi connectivity index (χ3n) is 6.77. The van der Waals surface area contributed by atoms with Crippen LogP contribution in [0.15, 0.2) is 84.9 Å². The fourth-order valence-electron chi connectivity index (χ4n) is 5.07. The minimum absolute atomic E-state index is 0.133. The second-order valence-electron chi connectivity index (χ2n) is 8.87. The summed E-state index contributed by atoms with van der Waals surface area (Å²) in [7, 11) is 0. The number of likely N-dealkylation sites (tertiary alicyclic amines) is 2. The highest BCUT2D eigenvalue weighted by molar-refractivity contribution is 6.06. The van der Waals surface area contributed by atoms with Crippen LogP contribution in [0.5, 0.6) is 0 Å². The number of ether oxygens (including phenoxy) is 1. The van der Waals surface area contributed by atoms with Gasteiger partial charge in [0, 0.05) is 6.54 Å². The van der Waals surface area contributed by atoms with Gasteiger partial charge in [-0.3, -0.25) is 19.4 Å². The second kappa shape index (κ2) is 9.14. The third-order valence-corrected chi connectivity index (χ3v) is 6.77. The van der Waals surface area contributed by atoms with Gasteiger partial charge < -0.3 is 4.74 Å². The summed E-state index contributed by atoms with van der Waals surface area (Å²) in [4.78, 5) is 43.0. The van der Waals surface area contributed by atoms with Gasteiger partial charge in [-0.1, -0.05) is 84.9 Å². The number of fused-ring (bicyclic) bond motifs is 1. The standard InChI is InChI=1S/C28H26N2O4/c1-19-10-8-9-15-22(19)25-24-23(17-29(25)28(33)34-18-21-13-6-3-7-14-21)26(31)30(27(24)32)16-20-11-4-2-5-12-20/h2-15,23-25H,16-18H2,1H3. The SMILES string of the molecule is Cc1ccccc1C1C2C(=O)N(Cc3ccccc3)C(=O)C2CN1C(=O)OCc1ccccc1. The molecule has 3 aromatic rings. The Hall–Kier alpha value is -3.93. The molecule has 34 heavy (non-hydrogen) atoms. The molecule has 3 unspecified atom stereocenters. The molecule has 2 aliphatic rings. The molecule has 3 aromatic carbocycles. The number of amides is 3. The van der Waals surface area contributed by atoms with E-state index in [0.717, 1.165) is 22.3 Å². The topological polar surface area (TPSA) is 66.9 Å². The lowest BCUT2D eigenvalue weighted by Gasteiger charge is -2.29. The first-order valence-electron chi connectivity index (χ1n) is 11.5. The van der Waals surface area contributed by atoms with Crippen molar-refractivity contribution in [3.63, 3.8) is 0 Å². The average molecular weight is 455 g/mol. The van der Waals surface area contributed by atoms with Crippen molar-refractivity contribution in [2.75, 3.05) is 6.54 Å². The molecule has 0 bridgehead atoms. The Labute approximate surface area is 198 Å². The maximum absolute atomic E-state index is 13.6. The zero-order valence-electron chi connectivity index (χ0n) is 19.0. The van der Waals surface area contributed by atoms with Gasteiger partial charge in [-0.05, 0) is 29.2 Å². The number of benzene rings is 3. The van der Waals surface area contributed by atoms with E-state index < -0.39 is 24.0 Å². The molecule has 2 aliphatic heterocycles. The minimum atomic E-state index is -0.624. The predicted molar refractivity (Wildman–Crippen MR) is 126 cm³/mol. The molecule has 0 aromatic heterocycles. The fourth-order valence-corrected chi connectivity index (χ4v) is 5.07. The maximum atomic E-state index is 13.6. The van der Waals surface area contributed by atoms with Crippen LogP contribution in [0.4, 0.5) is 4.79 Å². The first-order valence-corrected chi connectivity index (χ1v) is 11.5. The lowest BCUT2D eigenvalue weighted by atomic mass is 9.87. The molecule has 2 saturated heterocycles. The molecule has 2 fully saturated rings. The summed E-state index contributed by atoms with van der Waals surface area (Å²) in [6.07, 6.45) is -0.512. The van der Waals surface area contributed by atoms with Crippen LogP contribution >= 0.6 is 0 Å². The van der Waals surface area contributed by atoms with Crippen LogP contribution in [-0.2, 0) is 27.5 Å². The highest BCUT2D eigenvalue weighted by atomic mass is 16.6. The Balaban J connectivity index is 1.43. The largest absolute Gasteiger partial charge is 0.445 e. The van der Waals surface area contributed by atoms with Crippen molar-refractivity contribution in [2.24, 2.45) is 11.8 Å². The zero-order chi connectivity index (χ0) is 23.7. The van der Waals surface area contributed by atoms with Crippen LogP contribution in [0.3, 0.4) is 0 Å². The molecule has 0 saturated carbocycles. The van der Waals surface area contributed by atoms with Crippen molar-refractivity contribution in [1.29, 1.82) is 0 Å². The van der Waals surface area contributed by atoms with E-state index in [1.54, 1.807) is 4.90 Å². The molecule has 3 amide bonds. The zero-order valence-corrected chi connectivity index (χ0v) is 19.0. The van der Waals surface area contributed by atoms with E-state index in [9.17, 15) is 14.4 Å². The summed E-state index contributed by atoms with van der Waals surface area (Å²) in [6, 6.07) is 26.1. The smallest absolute Gasteiger partial charge is 0.410 e. The molecule has 5 rings (SSSR count). The summed E-state index contributed by atoms with van der Waals surface area (Å²) in [6.45, 7) is 2.49. The highest BCUT2D eigenvalue weighted by Crippen LogP contribution is 2.47. The van der Waals surface area contributed by atoms with E-state index in [-0.39, 0.29) is 31.5 Å². The summed E-state index contributed by atoms with van der Waals surface area (Å²) in [5.74, 6) is -1.66. The Morgan fingerprint density at radius 1 is 0.853 bits per heavy atom. The van der Waals surface area contributed by atoms with E-state index in [0.29, 0.717) is 0 Å². The fraction of sp³-hybridized carbons (Fsp3) is 0.250. The van der Waals surface area contributed by atoms with Crippen molar-refractivity contribution in [2.45, 2.75) is 26.1 Å². The predicted octanol–water partition coefficient (Wildman–Crippen LogP) is 4.49. The second-order valence-corrected chi connectivity index (χ2v) is 8.87. The number of carbonyl (C=O) groups is 3. The molecule has 3 atom stereocenters. The molecule has 6 heteroatoms. The van der Waals surface area contributed by atoms with Gasteiger partial charge in [-0.2, -0.15) is 0 Å². The van der Waals surface area contributed by atoms with Gasteiger partial charge in [0.05, 0.1) is 24.4 Å². The van der Waals surface area contributed by atoms with Gasteiger partial charge >= 0.3 is 6.09 Å². The van der Waals surface area contributed by atoms with E-state index in [1.807, 2.05) is 91.9 Å². The maximum Gasteiger partial charge on any atom is 0.410 e. The molecule has 0 N–H and O–H groups in total. The number of hydrogen-bond donors (Lipinski definition) is 0. The van der Waals surface area contributed by atoms with Crippen LogP contribution in [0, 0.1) is 18.8 Å². The Morgan fingerprint density at radius 2 is 1.47 bits per heavy atom. The van der Waals surface area contributed by atoms with Crippen LogP contribution < -0.4 is 0 Å². The lowest BCUT2D eigenvalue weighted by molar-refractivity contribution is -0.141. The molecule has 6 nitrogen and oxygen atoms in total. The van der Waals surface area contributed by atoms with Gasteiger partial charge in [0.1, 0.15) is 6.61 Å². The minimum Gasteiger partial charge on any atom is -0.445 e. The number of nitrogens with zero attached hydrogens (tertiary/aromatic N) is 2. The van der Waals surface area contributed by atoms with Gasteiger partial charge in [0.2, 0.25) is 11.8 Å². The van der Waals surface area contributed by atoms with E-state index in [4.69, 9.17) is 4.74 Å². The van der Waals surface area contributed by atoms with Crippen molar-refractivity contribution < 1.29 is 19.1 Å². The molecule has 172 valence electrons. The first kappa shape index (κ1) is 21.9. The van der Waals surface area contributed by atoms with E-state index in [2.05, 4.69) is 0 Å². The lowest BCUT2D eigenvalue weighted by Crippen LogP contribution is -2.39. The molecule has 2 heterocycles. The molecule has 0 spiro atoms. The Morgan fingerprint density at radius 3 is 2.15 bits per heavy atom. The highest BCUT2D eigenvalue weighted by Gasteiger charge is 2.59. The van der Waals surface area contributed by atoms with E-state index >= 15 is 0 Å². The number of imide groups is 1. The van der Waals surface area contributed by atoms with E-state index in [1.165, 1.54) is 4.90 Å². The Kier molecular flexibility index (Phi) is 5.88. The molecular formula is C28H26N2O4. The summed E-state index contributed by atoms with van der Waals surface area (Å²) in [5.41, 5.74) is 3.62. The van der Waals surface area contributed by atoms with Crippen molar-refractivity contribution in [1.82, 2.24) is 9.80 Å². The number of hydrogen-bond acceptors (Lipinski definition) is 4. The average Bonchev–Trinajstić information content (AvgIpc) is 3.36. The molecular weight excluding hydrogens is 428 g/mol.